The molecule has 1 aromatic heterocycles. The molecule has 5 rings (SSSR count). The fourth-order valence-electron chi connectivity index (χ4n) is 6.60. The molecule has 0 unspecified atom stereocenters. The number of nitrogens with zero attached hydrogens (tertiary/aromatic N) is 3. The van der Waals surface area contributed by atoms with Crippen molar-refractivity contribution in [1.82, 2.24) is 4.90 Å². The van der Waals surface area contributed by atoms with Crippen LogP contribution in [0.25, 0.3) is 27.1 Å². The van der Waals surface area contributed by atoms with Gasteiger partial charge in [-0.15, -0.1) is 0 Å². The molecular weight excluding hydrogens is 787 g/mol. The molecule has 4 aromatic rings. The molecule has 0 saturated heterocycles. The summed E-state index contributed by atoms with van der Waals surface area (Å²) in [6, 6.07) is 18.0. The molecule has 1 aliphatic rings. The van der Waals surface area contributed by atoms with E-state index in [-0.39, 0.29) is 18.6 Å². The molecule has 0 saturated carbocycles. The Morgan fingerprint density at radius 3 is 2.18 bits per heavy atom. The minimum atomic E-state index is -4.34. The highest BCUT2D eigenvalue weighted by Crippen LogP contribution is 2.48. The number of rotatable bonds is 21. The molecule has 1 aliphatic heterocycles. The highest BCUT2D eigenvalue weighted by Gasteiger charge is 2.27. The third kappa shape index (κ3) is 13.8. The van der Waals surface area contributed by atoms with Crippen LogP contribution in [0.5, 0.6) is 5.75 Å². The third-order valence-electron chi connectivity index (χ3n) is 9.62. The van der Waals surface area contributed by atoms with Crippen LogP contribution in [0.1, 0.15) is 90.5 Å². The van der Waals surface area contributed by atoms with Gasteiger partial charge in [0.25, 0.3) is 15.1 Å². The lowest BCUT2D eigenvalue weighted by Crippen LogP contribution is -2.36. The smallest absolute Gasteiger partial charge is 0.264 e. The number of benzene rings is 3. The van der Waals surface area contributed by atoms with Crippen LogP contribution < -0.4 is 14.2 Å². The van der Waals surface area contributed by atoms with Crippen LogP contribution in [-0.2, 0) is 26.8 Å². The van der Waals surface area contributed by atoms with Gasteiger partial charge in [0.15, 0.2) is 6.54 Å². The lowest BCUT2D eigenvalue weighted by Gasteiger charge is -2.21. The summed E-state index contributed by atoms with van der Waals surface area (Å²) in [5, 5.41) is 3.98. The lowest BCUT2D eigenvalue weighted by atomic mass is 10.1. The first-order chi connectivity index (χ1) is 26.8. The fraction of sp³-hybridized carbons (Fsp3) is 0.500. The number of aromatic nitrogens is 1. The predicted molar refractivity (Wildman–Crippen MR) is 233 cm³/mol. The van der Waals surface area contributed by atoms with Crippen molar-refractivity contribution in [2.45, 2.75) is 96.9 Å². The second-order valence-electron chi connectivity index (χ2n) is 14.0. The van der Waals surface area contributed by atoms with Gasteiger partial charge in [-0.1, -0.05) is 94.3 Å². The van der Waals surface area contributed by atoms with E-state index in [0.717, 1.165) is 47.2 Å². The molecule has 0 spiro atoms. The fourth-order valence-corrected chi connectivity index (χ4v) is 9.90. The van der Waals surface area contributed by atoms with Gasteiger partial charge in [0.2, 0.25) is 5.52 Å². The summed E-state index contributed by atoms with van der Waals surface area (Å²) >= 11 is 3.18. The van der Waals surface area contributed by atoms with E-state index in [1.165, 1.54) is 58.2 Å². The van der Waals surface area contributed by atoms with E-state index in [0.29, 0.717) is 25.3 Å². The summed E-state index contributed by atoms with van der Waals surface area (Å²) in [5.74, 6) is -0.0935. The summed E-state index contributed by atoms with van der Waals surface area (Å²) in [6.07, 6.45) is 13.4. The Kier molecular flexibility index (Phi) is 18.2. The molecule has 0 bridgehead atoms. The van der Waals surface area contributed by atoms with Gasteiger partial charge >= 0.3 is 0 Å². The van der Waals surface area contributed by atoms with Crippen molar-refractivity contribution >= 4 is 76.1 Å². The number of aryl methyl sites for hydroxylation is 1. The SMILES string of the molecule is CCC(/C=C1\Sc2ccc(OC)cc2N1CCCS(=O)(=O)O)=C\c1sc2ccc3ccccc3c2[n+]1CCCS(=O)(=O)[O-].CCCCN(CCCC)CCCC. The minimum absolute atomic E-state index is 0.198. The highest BCUT2D eigenvalue weighted by atomic mass is 32.2. The first kappa shape index (κ1) is 45.7. The summed E-state index contributed by atoms with van der Waals surface area (Å²) in [6.45, 7) is 13.6. The van der Waals surface area contributed by atoms with Crippen molar-refractivity contribution in [3.05, 3.63) is 76.3 Å². The largest absolute Gasteiger partial charge is 0.748 e. The molecule has 0 aliphatic carbocycles. The molecular formula is C42H59N3O7S4. The lowest BCUT2D eigenvalue weighted by molar-refractivity contribution is -0.667. The molecule has 10 nitrogen and oxygen atoms in total. The second kappa shape index (κ2) is 22.2. The van der Waals surface area contributed by atoms with Crippen LogP contribution in [-0.4, -0.2) is 75.6 Å². The standard InChI is InChI=1S/C30H32N2O7S4.C12H27N/c1-3-21(18-28-31(14-6-16-42(33,34)35)25-20-23(39-2)11-13-26(25)40-28)19-29-32(15-7-17-43(36,37)38)30-24-9-5-4-8-22(24)10-12-27(30)41-29;1-4-7-10-13(11-8-5-2)12-9-6-3/h4-5,8-13,18-20H,3,6-7,14-17H2,1-2H3,(H-,33,34,35,36,37,38);4-12H2,1-3H3. The van der Waals surface area contributed by atoms with Crippen LogP contribution in [0.15, 0.2) is 76.2 Å². The molecule has 0 amide bonds. The van der Waals surface area contributed by atoms with Crippen molar-refractivity contribution < 1.29 is 35.2 Å². The van der Waals surface area contributed by atoms with Gasteiger partial charge in [0.05, 0.1) is 39.1 Å². The number of hydrogen-bond donors (Lipinski definition) is 1. The van der Waals surface area contributed by atoms with Gasteiger partial charge in [-0.3, -0.25) is 4.55 Å². The summed E-state index contributed by atoms with van der Waals surface area (Å²) < 4.78 is 74.9. The summed E-state index contributed by atoms with van der Waals surface area (Å²) in [5.41, 5.74) is 2.93. The number of thioether (sulfide) groups is 1. The van der Waals surface area contributed by atoms with Crippen LogP contribution in [0.4, 0.5) is 5.69 Å². The molecule has 3 aromatic carbocycles. The van der Waals surface area contributed by atoms with Crippen molar-refractivity contribution in [3.63, 3.8) is 0 Å². The first-order valence-corrected chi connectivity index (χ1v) is 24.6. The van der Waals surface area contributed by atoms with E-state index in [4.69, 9.17) is 4.74 Å². The third-order valence-corrected chi connectivity index (χ3v) is 13.4. The Labute approximate surface area is 343 Å². The molecule has 308 valence electrons. The summed E-state index contributed by atoms with van der Waals surface area (Å²) in [4.78, 5) is 5.69. The molecule has 1 N–H and O–H groups in total. The number of hydrogen-bond acceptors (Lipinski definition) is 10. The van der Waals surface area contributed by atoms with Gasteiger partial charge in [0, 0.05) is 35.8 Å². The maximum absolute atomic E-state index is 11.4. The Morgan fingerprint density at radius 1 is 0.893 bits per heavy atom. The van der Waals surface area contributed by atoms with Crippen molar-refractivity contribution in [3.8, 4) is 5.75 Å². The first-order valence-electron chi connectivity index (χ1n) is 19.8. The normalized spacial score (nSPS) is 14.2. The maximum atomic E-state index is 11.4. The van der Waals surface area contributed by atoms with E-state index in [1.807, 2.05) is 47.4 Å². The van der Waals surface area contributed by atoms with Gasteiger partial charge in [0.1, 0.15) is 10.4 Å². The molecule has 0 radical (unpaired) electrons. The Bertz CT molecular complexity index is 2150. The van der Waals surface area contributed by atoms with E-state index in [9.17, 15) is 25.9 Å². The van der Waals surface area contributed by atoms with E-state index >= 15 is 0 Å². The number of thiazole rings is 1. The predicted octanol–water partition coefficient (Wildman–Crippen LogP) is 9.50. The molecule has 0 fully saturated rings. The van der Waals surface area contributed by atoms with Gasteiger partial charge in [-0.25, -0.2) is 8.42 Å². The quantitative estimate of drug-likeness (QED) is 0.0639. The zero-order chi connectivity index (χ0) is 40.7. The minimum Gasteiger partial charge on any atom is -0.748 e. The topological polar surface area (TPSA) is 131 Å². The molecule has 56 heavy (non-hydrogen) atoms. The summed E-state index contributed by atoms with van der Waals surface area (Å²) in [7, 11) is -6.83. The number of ether oxygens (including phenoxy) is 1. The average Bonchev–Trinajstić information content (AvgIpc) is 3.69. The van der Waals surface area contributed by atoms with Gasteiger partial charge in [-0.2, -0.15) is 13.0 Å². The molecule has 2 heterocycles. The average molecular weight is 846 g/mol. The Morgan fingerprint density at radius 2 is 1.57 bits per heavy atom. The van der Waals surface area contributed by atoms with Crippen LogP contribution in [0.2, 0.25) is 0 Å². The number of allylic oxidation sites excluding steroid dienone is 2. The monoisotopic (exact) mass is 845 g/mol. The second-order valence-corrected chi connectivity index (χ2v) is 19.2. The van der Waals surface area contributed by atoms with E-state index in [2.05, 4.69) is 61.4 Å². The van der Waals surface area contributed by atoms with Crippen molar-refractivity contribution in [1.29, 1.82) is 0 Å². The zero-order valence-corrected chi connectivity index (χ0v) is 36.8. The van der Waals surface area contributed by atoms with Crippen LogP contribution >= 0.6 is 23.1 Å². The number of unbranched alkanes of at least 4 members (excludes halogenated alkanes) is 3. The maximum Gasteiger partial charge on any atom is 0.264 e. The highest BCUT2D eigenvalue weighted by molar-refractivity contribution is 8.03. The Hall–Kier alpha value is -2.98. The molecule has 14 heteroatoms. The number of anilines is 1. The van der Waals surface area contributed by atoms with E-state index in [1.54, 1.807) is 30.2 Å². The molecule has 0 atom stereocenters. The van der Waals surface area contributed by atoms with Crippen LogP contribution in [0, 0.1) is 0 Å². The van der Waals surface area contributed by atoms with Crippen molar-refractivity contribution in [2.24, 2.45) is 0 Å². The van der Waals surface area contributed by atoms with Gasteiger partial charge in [-0.05, 0) is 93.0 Å². The number of fused-ring (bicyclic) bond motifs is 4. The Balaban J connectivity index is 0.000000460. The zero-order valence-electron chi connectivity index (χ0n) is 33.5. The van der Waals surface area contributed by atoms with Gasteiger partial charge < -0.3 is 19.1 Å². The van der Waals surface area contributed by atoms with Crippen molar-refractivity contribution in [2.75, 3.05) is 49.7 Å². The number of methoxy groups -OCH3 is 1. The van der Waals surface area contributed by atoms with Crippen LogP contribution in [0.3, 0.4) is 0 Å². The van der Waals surface area contributed by atoms with E-state index < -0.39 is 26.0 Å².